The zero-order chi connectivity index (χ0) is 23.0. The number of likely N-dealkylation sites (tertiary alicyclic amines) is 1. The molecule has 1 aromatic carbocycles. The van der Waals surface area contributed by atoms with Crippen LogP contribution in [0, 0.1) is 0 Å². The van der Waals surface area contributed by atoms with Crippen LogP contribution in [0.1, 0.15) is 16.1 Å². The van der Waals surface area contributed by atoms with Crippen molar-refractivity contribution in [2.45, 2.75) is 28.5 Å². The molecule has 13 heteroatoms. The fourth-order valence-corrected chi connectivity index (χ4v) is 4.05. The van der Waals surface area contributed by atoms with Crippen LogP contribution in [0.4, 0.5) is 27.6 Å². The first-order valence-corrected chi connectivity index (χ1v) is 10.2. The molecule has 0 saturated carbocycles. The Balaban J connectivity index is 1.74. The van der Waals surface area contributed by atoms with Crippen molar-refractivity contribution in [3.63, 3.8) is 0 Å². The van der Waals surface area contributed by atoms with Gasteiger partial charge in [-0.25, -0.2) is 22.2 Å². The van der Waals surface area contributed by atoms with Crippen molar-refractivity contribution < 1.29 is 39.9 Å². The molecule has 0 atom stereocenters. The van der Waals surface area contributed by atoms with Gasteiger partial charge in [0, 0.05) is 19.3 Å². The summed E-state index contributed by atoms with van der Waals surface area (Å²) in [6.07, 6.45) is -6.91. The van der Waals surface area contributed by atoms with Crippen molar-refractivity contribution >= 4 is 21.4 Å². The first-order valence-electron chi connectivity index (χ1n) is 8.76. The lowest BCUT2D eigenvalue weighted by Gasteiger charge is -2.38. The first-order chi connectivity index (χ1) is 14.4. The van der Waals surface area contributed by atoms with Crippen molar-refractivity contribution in [3.05, 3.63) is 47.8 Å². The molecule has 3 rings (SSSR count). The topological polar surface area (TPSA) is 103 Å². The summed E-state index contributed by atoms with van der Waals surface area (Å²) in [6, 6.07) is 3.88. The summed E-state index contributed by atoms with van der Waals surface area (Å²) in [5.41, 5.74) is 4.28. The number of rotatable bonds is 6. The van der Waals surface area contributed by atoms with Crippen LogP contribution in [0.25, 0.3) is 0 Å². The summed E-state index contributed by atoms with van der Waals surface area (Å²) in [7, 11) is -4.23. The zero-order valence-electron chi connectivity index (χ0n) is 15.6. The van der Waals surface area contributed by atoms with Gasteiger partial charge >= 0.3 is 6.18 Å². The van der Waals surface area contributed by atoms with Gasteiger partial charge in [-0.15, -0.1) is 0 Å². The van der Waals surface area contributed by atoms with E-state index in [0.29, 0.717) is 12.1 Å². The van der Waals surface area contributed by atoms with Crippen LogP contribution in [-0.2, 0) is 20.8 Å². The standard InChI is InChI=1S/C18H16F5N3O4S/c19-15(20)9-30-11-7-26(8-11)17(27)16-14(24)5-13(6-25-16)31(28,29)12-3-1-10(2-4-12)18(21,22)23/h1-6,11,15H,7-9,24H2. The van der Waals surface area contributed by atoms with E-state index in [2.05, 4.69) is 4.98 Å². The third-order valence-electron chi connectivity index (χ3n) is 4.49. The van der Waals surface area contributed by atoms with E-state index in [1.54, 1.807) is 0 Å². The summed E-state index contributed by atoms with van der Waals surface area (Å²) in [6.45, 7) is -0.639. The van der Waals surface area contributed by atoms with E-state index >= 15 is 0 Å². The molecule has 0 spiro atoms. The third kappa shape index (κ3) is 4.93. The van der Waals surface area contributed by atoms with Crippen molar-refractivity contribution in [1.29, 1.82) is 0 Å². The van der Waals surface area contributed by atoms with Gasteiger partial charge in [-0.3, -0.25) is 4.79 Å². The van der Waals surface area contributed by atoms with E-state index < -0.39 is 56.4 Å². The SMILES string of the molecule is Nc1cc(S(=O)(=O)c2ccc(C(F)(F)F)cc2)cnc1C(=O)N1CC(OCC(F)F)C1. The molecule has 1 aromatic heterocycles. The summed E-state index contributed by atoms with van der Waals surface area (Å²) in [5, 5.41) is 0. The van der Waals surface area contributed by atoms with Crippen molar-refractivity contribution in [1.82, 2.24) is 9.88 Å². The smallest absolute Gasteiger partial charge is 0.397 e. The third-order valence-corrected chi connectivity index (χ3v) is 6.23. The van der Waals surface area contributed by atoms with Crippen LogP contribution in [-0.4, -0.2) is 56.4 Å². The highest BCUT2D eigenvalue weighted by Gasteiger charge is 2.34. The van der Waals surface area contributed by atoms with E-state index in [4.69, 9.17) is 10.5 Å². The molecule has 1 fully saturated rings. The van der Waals surface area contributed by atoms with E-state index in [1.165, 1.54) is 4.90 Å². The summed E-state index contributed by atoms with van der Waals surface area (Å²) in [4.78, 5) is 16.7. The fourth-order valence-electron chi connectivity index (χ4n) is 2.81. The number of nitrogen functional groups attached to an aromatic ring is 1. The van der Waals surface area contributed by atoms with Gasteiger partial charge in [-0.1, -0.05) is 0 Å². The number of ether oxygens (including phenoxy) is 1. The molecule has 2 heterocycles. The van der Waals surface area contributed by atoms with Crippen molar-refractivity contribution in [3.8, 4) is 0 Å². The van der Waals surface area contributed by atoms with E-state index in [9.17, 15) is 35.2 Å². The van der Waals surface area contributed by atoms with Gasteiger partial charge in [-0.05, 0) is 30.3 Å². The van der Waals surface area contributed by atoms with Gasteiger partial charge in [0.05, 0.1) is 27.1 Å². The minimum absolute atomic E-state index is 0.0538. The van der Waals surface area contributed by atoms with E-state index in [1.807, 2.05) is 0 Å². The van der Waals surface area contributed by atoms with Gasteiger partial charge in [0.1, 0.15) is 6.61 Å². The van der Waals surface area contributed by atoms with Crippen LogP contribution in [0.3, 0.4) is 0 Å². The Labute approximate surface area is 173 Å². The number of hydrogen-bond acceptors (Lipinski definition) is 6. The van der Waals surface area contributed by atoms with E-state index in [-0.39, 0.29) is 24.5 Å². The Kier molecular flexibility index (Phi) is 6.18. The highest BCUT2D eigenvalue weighted by atomic mass is 32.2. The molecule has 0 aliphatic carbocycles. The first kappa shape index (κ1) is 22.9. The van der Waals surface area contributed by atoms with Crippen LogP contribution >= 0.6 is 0 Å². The van der Waals surface area contributed by atoms with Gasteiger partial charge in [0.15, 0.2) is 5.69 Å². The number of carbonyl (C=O) groups is 1. The summed E-state index contributed by atoms with van der Waals surface area (Å²) >= 11 is 0. The number of amides is 1. The number of aromatic nitrogens is 1. The molecule has 1 aliphatic heterocycles. The number of hydrogen-bond donors (Lipinski definition) is 1. The minimum atomic E-state index is -4.61. The molecule has 2 aromatic rings. The second-order valence-corrected chi connectivity index (χ2v) is 8.64. The second-order valence-electron chi connectivity index (χ2n) is 6.69. The van der Waals surface area contributed by atoms with Crippen LogP contribution in [0.2, 0.25) is 0 Å². The normalized spacial score (nSPS) is 15.2. The number of alkyl halides is 5. The quantitative estimate of drug-likeness (QED) is 0.658. The molecular weight excluding hydrogens is 449 g/mol. The Morgan fingerprint density at radius 3 is 2.32 bits per heavy atom. The van der Waals surface area contributed by atoms with Crippen LogP contribution in [0.5, 0.6) is 0 Å². The molecule has 1 aliphatic rings. The zero-order valence-corrected chi connectivity index (χ0v) is 16.5. The summed E-state index contributed by atoms with van der Waals surface area (Å²) < 4.78 is 92.4. The maximum absolute atomic E-state index is 12.7. The highest BCUT2D eigenvalue weighted by molar-refractivity contribution is 7.91. The monoisotopic (exact) mass is 465 g/mol. The fraction of sp³-hybridized carbons (Fsp3) is 0.333. The minimum Gasteiger partial charge on any atom is -0.397 e. The predicted octanol–water partition coefficient (Wildman–Crippen LogP) is 2.62. The van der Waals surface area contributed by atoms with Crippen LogP contribution < -0.4 is 5.73 Å². The Morgan fingerprint density at radius 1 is 1.19 bits per heavy atom. The second kappa shape index (κ2) is 8.38. The largest absolute Gasteiger partial charge is 0.416 e. The van der Waals surface area contributed by atoms with Gasteiger partial charge in [0.2, 0.25) is 9.84 Å². The number of halogens is 5. The molecule has 7 nitrogen and oxygen atoms in total. The van der Waals surface area contributed by atoms with E-state index in [0.717, 1.165) is 24.4 Å². The molecule has 0 radical (unpaired) electrons. The van der Waals surface area contributed by atoms with Crippen LogP contribution in [0.15, 0.2) is 46.3 Å². The maximum atomic E-state index is 12.7. The van der Waals surface area contributed by atoms with Crippen molar-refractivity contribution in [2.75, 3.05) is 25.4 Å². The highest BCUT2D eigenvalue weighted by Crippen LogP contribution is 2.31. The number of nitrogens with two attached hydrogens (primary N) is 1. The number of nitrogens with zero attached hydrogens (tertiary/aromatic N) is 2. The molecule has 0 bridgehead atoms. The number of sulfone groups is 1. The lowest BCUT2D eigenvalue weighted by Crippen LogP contribution is -2.55. The summed E-state index contributed by atoms with van der Waals surface area (Å²) in [5.74, 6) is -0.632. The lowest BCUT2D eigenvalue weighted by molar-refractivity contribution is -0.137. The van der Waals surface area contributed by atoms with Gasteiger partial charge in [-0.2, -0.15) is 13.2 Å². The average molecular weight is 465 g/mol. The maximum Gasteiger partial charge on any atom is 0.416 e. The Morgan fingerprint density at radius 2 is 1.81 bits per heavy atom. The lowest BCUT2D eigenvalue weighted by atomic mass is 10.1. The molecule has 2 N–H and O–H groups in total. The Hall–Kier alpha value is -2.80. The number of pyridine rings is 1. The molecule has 31 heavy (non-hydrogen) atoms. The molecule has 168 valence electrons. The molecular formula is C18H16F5N3O4S. The van der Waals surface area contributed by atoms with Gasteiger partial charge in [0.25, 0.3) is 12.3 Å². The van der Waals surface area contributed by atoms with Crippen molar-refractivity contribution in [2.24, 2.45) is 0 Å². The number of anilines is 1. The molecule has 0 unspecified atom stereocenters. The molecule has 1 saturated heterocycles. The Bertz CT molecular complexity index is 1070. The number of benzene rings is 1. The van der Waals surface area contributed by atoms with Gasteiger partial charge < -0.3 is 15.4 Å². The number of carbonyl (C=O) groups excluding carboxylic acids is 1. The average Bonchev–Trinajstić information content (AvgIpc) is 2.65. The molecule has 1 amide bonds. The predicted molar refractivity (Wildman–Crippen MR) is 97.2 cm³/mol.